The highest BCUT2D eigenvalue weighted by Gasteiger charge is 2.32. The average molecular weight is 506 g/mol. The van der Waals surface area contributed by atoms with E-state index < -0.39 is 10.0 Å². The summed E-state index contributed by atoms with van der Waals surface area (Å²) in [5.74, 6) is -0.705. The second-order valence-corrected chi connectivity index (χ2v) is 10.2. The smallest absolute Gasteiger partial charge is 0.253 e. The largest absolute Gasteiger partial charge is 0.336 e. The molecule has 0 unspecified atom stereocenters. The molecule has 0 radical (unpaired) electrons. The van der Waals surface area contributed by atoms with Gasteiger partial charge in [0, 0.05) is 49.1 Å². The normalized spacial score (nSPS) is 18.0. The summed E-state index contributed by atoms with van der Waals surface area (Å²) in [5.41, 5.74) is 0.875. The monoisotopic (exact) mass is 505 g/mol. The van der Waals surface area contributed by atoms with Gasteiger partial charge in [0.05, 0.1) is 10.6 Å². The lowest BCUT2D eigenvalue weighted by molar-refractivity contribution is -0.121. The molecule has 0 spiro atoms. The van der Waals surface area contributed by atoms with E-state index in [4.69, 9.17) is 0 Å². The van der Waals surface area contributed by atoms with Crippen molar-refractivity contribution in [1.29, 1.82) is 0 Å². The number of sulfonamides is 1. The second-order valence-electron chi connectivity index (χ2n) is 7.32. The van der Waals surface area contributed by atoms with Crippen LogP contribution in [-0.2, 0) is 19.6 Å². The van der Waals surface area contributed by atoms with Crippen molar-refractivity contribution >= 4 is 49.4 Å². The lowest BCUT2D eigenvalue weighted by Gasteiger charge is -2.34. The molecule has 2 fully saturated rings. The van der Waals surface area contributed by atoms with Crippen molar-refractivity contribution in [2.45, 2.75) is 17.7 Å². The van der Waals surface area contributed by atoms with Gasteiger partial charge in [0.1, 0.15) is 0 Å². The molecule has 0 aliphatic carbocycles. The molecule has 4 rings (SSSR count). The van der Waals surface area contributed by atoms with Gasteiger partial charge in [-0.05, 0) is 42.5 Å². The predicted molar refractivity (Wildman–Crippen MR) is 117 cm³/mol. The van der Waals surface area contributed by atoms with Gasteiger partial charge in [-0.1, -0.05) is 22.0 Å². The summed E-state index contributed by atoms with van der Waals surface area (Å²) in [7, 11) is -3.63. The average Bonchev–Trinajstić information content (AvgIpc) is 3.11. The molecule has 162 valence electrons. The van der Waals surface area contributed by atoms with Crippen LogP contribution in [0.3, 0.4) is 0 Å². The third-order valence-electron chi connectivity index (χ3n) is 5.38. The van der Waals surface area contributed by atoms with Crippen LogP contribution in [0.5, 0.6) is 0 Å². The first-order valence-electron chi connectivity index (χ1n) is 9.78. The summed E-state index contributed by atoms with van der Waals surface area (Å²) in [6.45, 7) is 0.957. The van der Waals surface area contributed by atoms with E-state index in [2.05, 4.69) is 15.9 Å². The van der Waals surface area contributed by atoms with Gasteiger partial charge in [-0.2, -0.15) is 4.31 Å². The van der Waals surface area contributed by atoms with Gasteiger partial charge in [0.15, 0.2) is 0 Å². The van der Waals surface area contributed by atoms with Crippen molar-refractivity contribution in [3.63, 3.8) is 0 Å². The summed E-state index contributed by atoms with van der Waals surface area (Å²) in [6, 6.07) is 12.9. The Morgan fingerprint density at radius 2 is 1.48 bits per heavy atom. The fourth-order valence-electron chi connectivity index (χ4n) is 3.71. The molecule has 0 bridgehead atoms. The van der Waals surface area contributed by atoms with E-state index in [1.165, 1.54) is 4.31 Å². The van der Waals surface area contributed by atoms with Crippen LogP contribution in [-0.4, -0.2) is 61.5 Å². The first kappa shape index (κ1) is 21.7. The summed E-state index contributed by atoms with van der Waals surface area (Å²) < 4.78 is 27.8. The number of carbonyl (C=O) groups is 3. The number of imide groups is 1. The van der Waals surface area contributed by atoms with Gasteiger partial charge in [-0.25, -0.2) is 8.42 Å². The molecule has 2 aliphatic rings. The minimum absolute atomic E-state index is 0.201. The van der Waals surface area contributed by atoms with Crippen LogP contribution >= 0.6 is 15.9 Å². The zero-order chi connectivity index (χ0) is 22.2. The molecular weight excluding hydrogens is 486 g/mol. The number of hydrogen-bond acceptors (Lipinski definition) is 5. The quantitative estimate of drug-likeness (QED) is 0.593. The van der Waals surface area contributed by atoms with Crippen LogP contribution in [0.25, 0.3) is 0 Å². The Hall–Kier alpha value is -2.56. The van der Waals surface area contributed by atoms with Crippen molar-refractivity contribution in [2.24, 2.45) is 0 Å². The summed E-state index contributed by atoms with van der Waals surface area (Å²) in [4.78, 5) is 39.5. The van der Waals surface area contributed by atoms with Crippen molar-refractivity contribution in [3.05, 3.63) is 58.6 Å². The van der Waals surface area contributed by atoms with Gasteiger partial charge in [-0.3, -0.25) is 19.3 Å². The van der Waals surface area contributed by atoms with Crippen molar-refractivity contribution < 1.29 is 22.8 Å². The maximum atomic E-state index is 12.8. The molecule has 0 saturated carbocycles. The van der Waals surface area contributed by atoms with Crippen LogP contribution in [0, 0.1) is 0 Å². The molecule has 8 nitrogen and oxygen atoms in total. The summed E-state index contributed by atoms with van der Waals surface area (Å²) in [5, 5.41) is 0. The Bertz CT molecular complexity index is 1130. The SMILES string of the molecule is O=C(c1ccc(N2C(=O)CCC2=O)cc1)N1CCN(S(=O)(=O)c2cccc(Br)c2)CC1. The van der Waals surface area contributed by atoms with Gasteiger partial charge in [0.2, 0.25) is 21.8 Å². The van der Waals surface area contributed by atoms with Crippen molar-refractivity contribution in [1.82, 2.24) is 9.21 Å². The number of carbonyl (C=O) groups excluding carboxylic acids is 3. The number of benzene rings is 2. The minimum Gasteiger partial charge on any atom is -0.336 e. The Morgan fingerprint density at radius 3 is 2.06 bits per heavy atom. The van der Waals surface area contributed by atoms with Crippen LogP contribution in [0.2, 0.25) is 0 Å². The first-order chi connectivity index (χ1) is 14.8. The first-order valence-corrected chi connectivity index (χ1v) is 12.0. The van der Waals surface area contributed by atoms with Crippen LogP contribution in [0.1, 0.15) is 23.2 Å². The van der Waals surface area contributed by atoms with E-state index >= 15 is 0 Å². The Labute approximate surface area is 188 Å². The van der Waals surface area contributed by atoms with Crippen LogP contribution in [0.4, 0.5) is 5.69 Å². The minimum atomic E-state index is -3.63. The zero-order valence-electron chi connectivity index (χ0n) is 16.5. The van der Waals surface area contributed by atoms with E-state index in [9.17, 15) is 22.8 Å². The molecule has 3 amide bonds. The fourth-order valence-corrected chi connectivity index (χ4v) is 5.73. The molecule has 0 N–H and O–H groups in total. The third-order valence-corrected chi connectivity index (χ3v) is 7.77. The van der Waals surface area contributed by atoms with E-state index in [0.717, 1.165) is 4.90 Å². The number of amides is 3. The number of hydrogen-bond donors (Lipinski definition) is 0. The number of piperazine rings is 1. The molecular formula is C21H20BrN3O5S. The second kappa shape index (κ2) is 8.52. The van der Waals surface area contributed by atoms with E-state index in [0.29, 0.717) is 15.7 Å². The molecule has 2 aliphatic heterocycles. The Balaban J connectivity index is 1.41. The molecule has 0 atom stereocenters. The fraction of sp³-hybridized carbons (Fsp3) is 0.286. The maximum Gasteiger partial charge on any atom is 0.253 e. The highest BCUT2D eigenvalue weighted by atomic mass is 79.9. The van der Waals surface area contributed by atoms with E-state index in [1.807, 2.05) is 0 Å². The summed E-state index contributed by atoms with van der Waals surface area (Å²) >= 11 is 3.29. The zero-order valence-corrected chi connectivity index (χ0v) is 18.9. The highest BCUT2D eigenvalue weighted by Crippen LogP contribution is 2.24. The standard InChI is InChI=1S/C21H20BrN3O5S/c22-16-2-1-3-18(14-16)31(29,30)24-12-10-23(11-13-24)21(28)15-4-6-17(7-5-15)25-19(26)8-9-20(25)27/h1-7,14H,8-13H2. The van der Waals surface area contributed by atoms with Crippen LogP contribution in [0.15, 0.2) is 57.9 Å². The van der Waals surface area contributed by atoms with E-state index in [1.54, 1.807) is 53.4 Å². The number of nitrogens with zero attached hydrogens (tertiary/aromatic N) is 3. The molecule has 0 aromatic heterocycles. The molecule has 2 saturated heterocycles. The van der Waals surface area contributed by atoms with Crippen molar-refractivity contribution in [2.75, 3.05) is 31.1 Å². The van der Waals surface area contributed by atoms with Gasteiger partial charge in [-0.15, -0.1) is 0 Å². The van der Waals surface area contributed by atoms with Crippen molar-refractivity contribution in [3.8, 4) is 0 Å². The maximum absolute atomic E-state index is 12.8. The Kier molecular flexibility index (Phi) is 5.96. The van der Waals surface area contributed by atoms with E-state index in [-0.39, 0.29) is 61.6 Å². The predicted octanol–water partition coefficient (Wildman–Crippen LogP) is 2.25. The molecule has 31 heavy (non-hydrogen) atoms. The molecule has 2 heterocycles. The summed E-state index contributed by atoms with van der Waals surface area (Å²) in [6.07, 6.45) is 0.402. The van der Waals surface area contributed by atoms with Crippen LogP contribution < -0.4 is 4.90 Å². The number of halogens is 1. The van der Waals surface area contributed by atoms with Gasteiger partial charge < -0.3 is 4.90 Å². The number of anilines is 1. The number of rotatable bonds is 4. The lowest BCUT2D eigenvalue weighted by Crippen LogP contribution is -2.50. The molecule has 2 aromatic carbocycles. The third kappa shape index (κ3) is 4.28. The van der Waals surface area contributed by atoms with Gasteiger partial charge >= 0.3 is 0 Å². The molecule has 10 heteroatoms. The van der Waals surface area contributed by atoms with Gasteiger partial charge in [0.25, 0.3) is 5.91 Å². The lowest BCUT2D eigenvalue weighted by atomic mass is 10.1. The Morgan fingerprint density at radius 1 is 0.871 bits per heavy atom. The highest BCUT2D eigenvalue weighted by molar-refractivity contribution is 9.10. The topological polar surface area (TPSA) is 95.1 Å². The molecule has 2 aromatic rings.